The molecule has 1 aliphatic heterocycles. The van der Waals surface area contributed by atoms with E-state index < -0.39 is 15.6 Å². The van der Waals surface area contributed by atoms with Crippen LogP contribution in [0, 0.1) is 5.41 Å². The second kappa shape index (κ2) is 9.88. The standard InChI is InChI=1S/C20H34N4O4S/c1-19(2,3)24-29(26,27)17-8-6-5-7-16(17)13-22-18(21-4)23-14-20(9-11-25)10-12-28-15-20/h5-8,24-25H,9-15H2,1-4H3,(H2,21,22,23). The average Bonchev–Trinajstić information content (AvgIpc) is 3.09. The van der Waals surface area contributed by atoms with Crippen LogP contribution in [0.15, 0.2) is 34.2 Å². The number of guanidine groups is 1. The Morgan fingerprint density at radius 2 is 2.00 bits per heavy atom. The van der Waals surface area contributed by atoms with Crippen LogP contribution in [0.2, 0.25) is 0 Å². The van der Waals surface area contributed by atoms with Crippen LogP contribution in [0.5, 0.6) is 0 Å². The molecule has 0 aliphatic carbocycles. The Balaban J connectivity index is 2.05. The van der Waals surface area contributed by atoms with Gasteiger partial charge in [-0.05, 0) is 45.2 Å². The molecule has 0 amide bonds. The fraction of sp³-hybridized carbons (Fsp3) is 0.650. The molecule has 1 heterocycles. The van der Waals surface area contributed by atoms with Gasteiger partial charge in [-0.25, -0.2) is 13.1 Å². The molecule has 164 valence electrons. The van der Waals surface area contributed by atoms with E-state index in [9.17, 15) is 13.5 Å². The van der Waals surface area contributed by atoms with Gasteiger partial charge >= 0.3 is 0 Å². The highest BCUT2D eigenvalue weighted by molar-refractivity contribution is 7.89. The van der Waals surface area contributed by atoms with Gasteiger partial charge in [0.1, 0.15) is 0 Å². The van der Waals surface area contributed by atoms with Crippen molar-refractivity contribution in [1.29, 1.82) is 0 Å². The number of hydrogen-bond acceptors (Lipinski definition) is 5. The summed E-state index contributed by atoms with van der Waals surface area (Å²) in [7, 11) is -1.97. The van der Waals surface area contributed by atoms with E-state index in [0.717, 1.165) is 6.42 Å². The van der Waals surface area contributed by atoms with Crippen LogP contribution in [0.1, 0.15) is 39.2 Å². The number of aliphatic hydroxyl groups excluding tert-OH is 1. The molecule has 0 spiro atoms. The molecule has 1 atom stereocenters. The molecule has 4 N–H and O–H groups in total. The van der Waals surface area contributed by atoms with Crippen LogP contribution in [0.3, 0.4) is 0 Å². The van der Waals surface area contributed by atoms with Crippen molar-refractivity contribution in [2.45, 2.75) is 50.6 Å². The number of ether oxygens (including phenoxy) is 1. The van der Waals surface area contributed by atoms with Crippen molar-refractivity contribution in [3.63, 3.8) is 0 Å². The topological polar surface area (TPSA) is 112 Å². The number of hydrogen-bond donors (Lipinski definition) is 4. The molecule has 29 heavy (non-hydrogen) atoms. The highest BCUT2D eigenvalue weighted by Crippen LogP contribution is 2.31. The molecule has 8 nitrogen and oxygen atoms in total. The van der Waals surface area contributed by atoms with Gasteiger partial charge in [0.05, 0.1) is 11.5 Å². The molecular formula is C20H34N4O4S. The second-order valence-electron chi connectivity index (χ2n) is 8.52. The number of rotatable bonds is 8. The van der Waals surface area contributed by atoms with Crippen LogP contribution in [0.25, 0.3) is 0 Å². The van der Waals surface area contributed by atoms with Crippen molar-refractivity contribution in [1.82, 2.24) is 15.4 Å². The minimum atomic E-state index is -3.64. The van der Waals surface area contributed by atoms with Crippen LogP contribution >= 0.6 is 0 Å². The van der Waals surface area contributed by atoms with Crippen molar-refractivity contribution < 1.29 is 18.3 Å². The monoisotopic (exact) mass is 426 g/mol. The largest absolute Gasteiger partial charge is 0.396 e. The Bertz CT molecular complexity index is 797. The Morgan fingerprint density at radius 3 is 2.59 bits per heavy atom. The van der Waals surface area contributed by atoms with E-state index in [2.05, 4.69) is 20.3 Å². The average molecular weight is 427 g/mol. The molecule has 9 heteroatoms. The van der Waals surface area contributed by atoms with Gasteiger partial charge in [0.2, 0.25) is 10.0 Å². The molecule has 0 saturated carbocycles. The predicted molar refractivity (Wildman–Crippen MR) is 114 cm³/mol. The molecule has 1 aromatic rings. The summed E-state index contributed by atoms with van der Waals surface area (Å²) < 4.78 is 33.8. The molecule has 1 fully saturated rings. The lowest BCUT2D eigenvalue weighted by molar-refractivity contribution is 0.127. The van der Waals surface area contributed by atoms with Gasteiger partial charge < -0.3 is 20.5 Å². The van der Waals surface area contributed by atoms with Gasteiger partial charge in [-0.1, -0.05) is 18.2 Å². The SMILES string of the molecule is CN=C(NCc1ccccc1S(=O)(=O)NC(C)(C)C)NCC1(CCO)CCOC1. The van der Waals surface area contributed by atoms with Crippen molar-refractivity contribution >= 4 is 16.0 Å². The van der Waals surface area contributed by atoms with E-state index in [1.54, 1.807) is 25.2 Å². The van der Waals surface area contributed by atoms with Gasteiger partial charge in [-0.15, -0.1) is 0 Å². The van der Waals surface area contributed by atoms with Crippen LogP contribution in [-0.4, -0.2) is 58.4 Å². The summed E-state index contributed by atoms with van der Waals surface area (Å²) in [5.41, 5.74) is -0.0209. The maximum atomic E-state index is 12.8. The van der Waals surface area contributed by atoms with Gasteiger partial charge in [-0.2, -0.15) is 0 Å². The highest BCUT2D eigenvalue weighted by atomic mass is 32.2. The van der Waals surface area contributed by atoms with Crippen molar-refractivity contribution in [3.8, 4) is 0 Å². The summed E-state index contributed by atoms with van der Waals surface area (Å²) in [5, 5.41) is 15.8. The fourth-order valence-corrected chi connectivity index (χ4v) is 5.01. The molecule has 1 saturated heterocycles. The normalized spacial score (nSPS) is 20.7. The molecule has 1 unspecified atom stereocenters. The smallest absolute Gasteiger partial charge is 0.241 e. The molecule has 1 aliphatic rings. The molecule has 1 aromatic carbocycles. The minimum Gasteiger partial charge on any atom is -0.396 e. The first kappa shape index (κ1) is 23.6. The van der Waals surface area contributed by atoms with Gasteiger partial charge in [0, 0.05) is 44.3 Å². The third-order valence-corrected chi connectivity index (χ3v) is 6.69. The summed E-state index contributed by atoms with van der Waals surface area (Å²) in [4.78, 5) is 4.48. The Kier molecular flexibility index (Phi) is 8.04. The van der Waals surface area contributed by atoms with E-state index in [4.69, 9.17) is 4.74 Å². The first-order chi connectivity index (χ1) is 13.6. The lowest BCUT2D eigenvalue weighted by Crippen LogP contribution is -2.44. The van der Waals surface area contributed by atoms with Crippen LogP contribution in [0.4, 0.5) is 0 Å². The molecule has 2 rings (SSSR count). The maximum absolute atomic E-state index is 12.8. The Hall–Kier alpha value is -1.68. The molecular weight excluding hydrogens is 392 g/mol. The van der Waals surface area contributed by atoms with E-state index in [1.165, 1.54) is 0 Å². The summed E-state index contributed by atoms with van der Waals surface area (Å²) in [5.74, 6) is 0.574. The number of nitrogens with one attached hydrogen (secondary N) is 3. The predicted octanol–water partition coefficient (Wildman–Crippen LogP) is 1.22. The third kappa shape index (κ3) is 6.95. The summed E-state index contributed by atoms with van der Waals surface area (Å²) in [6.07, 6.45) is 1.55. The van der Waals surface area contributed by atoms with Gasteiger partial charge in [-0.3, -0.25) is 4.99 Å². The highest BCUT2D eigenvalue weighted by Gasteiger charge is 2.34. The number of benzene rings is 1. The summed E-state index contributed by atoms with van der Waals surface area (Å²) in [6, 6.07) is 6.92. The van der Waals surface area contributed by atoms with Crippen LogP contribution in [-0.2, 0) is 21.3 Å². The van der Waals surface area contributed by atoms with E-state index in [0.29, 0.717) is 44.2 Å². The quantitative estimate of drug-likeness (QED) is 0.367. The minimum absolute atomic E-state index is 0.107. The fourth-order valence-electron chi connectivity index (χ4n) is 3.35. The van der Waals surface area contributed by atoms with Crippen molar-refractivity contribution in [3.05, 3.63) is 29.8 Å². The Labute approximate surface area is 174 Å². The third-order valence-electron chi connectivity index (χ3n) is 4.83. The van der Waals surface area contributed by atoms with Crippen molar-refractivity contribution in [2.24, 2.45) is 10.4 Å². The number of aliphatic imine (C=N–C) groups is 1. The second-order valence-corrected chi connectivity index (χ2v) is 10.2. The molecule has 0 bridgehead atoms. The number of sulfonamides is 1. The van der Waals surface area contributed by atoms with E-state index >= 15 is 0 Å². The zero-order valence-electron chi connectivity index (χ0n) is 17.8. The van der Waals surface area contributed by atoms with Gasteiger partial charge in [0.15, 0.2) is 5.96 Å². The first-order valence-corrected chi connectivity index (χ1v) is 11.3. The van der Waals surface area contributed by atoms with Crippen LogP contribution < -0.4 is 15.4 Å². The zero-order valence-corrected chi connectivity index (χ0v) is 18.6. The summed E-state index contributed by atoms with van der Waals surface area (Å²) >= 11 is 0. The van der Waals surface area contributed by atoms with Crippen molar-refractivity contribution in [2.75, 3.05) is 33.4 Å². The Morgan fingerprint density at radius 1 is 1.28 bits per heavy atom. The number of nitrogens with zero attached hydrogens (tertiary/aromatic N) is 1. The maximum Gasteiger partial charge on any atom is 0.241 e. The van der Waals surface area contributed by atoms with E-state index in [1.807, 2.05) is 26.8 Å². The van der Waals surface area contributed by atoms with Gasteiger partial charge in [0.25, 0.3) is 0 Å². The lowest BCUT2D eigenvalue weighted by atomic mass is 9.84. The first-order valence-electron chi connectivity index (χ1n) is 9.86. The molecule has 0 radical (unpaired) electrons. The van der Waals surface area contributed by atoms with E-state index in [-0.39, 0.29) is 16.9 Å². The zero-order chi connectivity index (χ0) is 21.5. The number of aliphatic hydroxyl groups is 1. The molecule has 0 aromatic heterocycles. The summed E-state index contributed by atoms with van der Waals surface area (Å²) in [6.45, 7) is 7.79. The lowest BCUT2D eigenvalue weighted by Gasteiger charge is -2.27.